The fourth-order valence-corrected chi connectivity index (χ4v) is 3.27. The lowest BCUT2D eigenvalue weighted by Crippen LogP contribution is -2.12. The molecular weight excluding hydrogens is 420 g/mol. The summed E-state index contributed by atoms with van der Waals surface area (Å²) >= 11 is 0. The van der Waals surface area contributed by atoms with Crippen molar-refractivity contribution in [3.8, 4) is 34.6 Å². The van der Waals surface area contributed by atoms with Crippen LogP contribution in [-0.4, -0.2) is 41.5 Å². The van der Waals surface area contributed by atoms with Crippen LogP contribution in [-0.2, 0) is 0 Å². The molecule has 0 spiro atoms. The van der Waals surface area contributed by atoms with Crippen LogP contribution >= 0.6 is 0 Å². The third kappa shape index (κ3) is 4.95. The van der Waals surface area contributed by atoms with Crippen molar-refractivity contribution in [2.75, 3.05) is 26.1 Å². The molecule has 33 heavy (non-hydrogen) atoms. The number of carbonyl (C=O) groups is 1. The summed E-state index contributed by atoms with van der Waals surface area (Å²) in [6.45, 7) is 2.34. The number of hydrogen-bond donors (Lipinski definition) is 1. The zero-order valence-corrected chi connectivity index (χ0v) is 18.6. The summed E-state index contributed by atoms with van der Waals surface area (Å²) in [5.74, 6) is 1.73. The van der Waals surface area contributed by atoms with E-state index in [1.165, 1.54) is 0 Å². The molecule has 0 fully saturated rings. The first kappa shape index (κ1) is 21.9. The van der Waals surface area contributed by atoms with Crippen LogP contribution in [0.5, 0.6) is 17.5 Å². The Balaban J connectivity index is 1.61. The van der Waals surface area contributed by atoms with Crippen LogP contribution in [0, 0.1) is 0 Å². The first-order valence-electron chi connectivity index (χ1n) is 10.4. The van der Waals surface area contributed by atoms with Gasteiger partial charge >= 0.3 is 6.01 Å². The molecule has 4 aromatic rings. The Bertz CT molecular complexity index is 1250. The predicted molar refractivity (Wildman–Crippen MR) is 125 cm³/mol. The lowest BCUT2D eigenvalue weighted by molar-refractivity contribution is 0.102. The molecular formula is C25H24N4O4. The van der Waals surface area contributed by atoms with Crippen molar-refractivity contribution < 1.29 is 19.0 Å². The van der Waals surface area contributed by atoms with Gasteiger partial charge in [0.2, 0.25) is 0 Å². The predicted octanol–water partition coefficient (Wildman–Crippen LogP) is 4.60. The first-order chi connectivity index (χ1) is 16.1. The van der Waals surface area contributed by atoms with Gasteiger partial charge in [-0.2, -0.15) is 4.98 Å². The molecule has 0 radical (unpaired) electrons. The minimum atomic E-state index is -0.224. The lowest BCUT2D eigenvalue weighted by atomic mass is 10.2. The highest BCUT2D eigenvalue weighted by Crippen LogP contribution is 2.27. The van der Waals surface area contributed by atoms with E-state index < -0.39 is 0 Å². The molecule has 0 aliphatic heterocycles. The molecule has 1 heterocycles. The summed E-state index contributed by atoms with van der Waals surface area (Å²) in [7, 11) is 3.19. The van der Waals surface area contributed by atoms with Gasteiger partial charge in [0.1, 0.15) is 11.5 Å². The molecule has 0 bridgehead atoms. The second-order valence-corrected chi connectivity index (χ2v) is 7.03. The summed E-state index contributed by atoms with van der Waals surface area (Å²) in [6.07, 6.45) is 0. The van der Waals surface area contributed by atoms with E-state index >= 15 is 0 Å². The number of aromatic nitrogens is 3. The zero-order chi connectivity index (χ0) is 23.2. The van der Waals surface area contributed by atoms with E-state index in [4.69, 9.17) is 14.2 Å². The number of anilines is 1. The fourth-order valence-electron chi connectivity index (χ4n) is 3.27. The van der Waals surface area contributed by atoms with Gasteiger partial charge in [-0.25, -0.2) is 4.68 Å². The van der Waals surface area contributed by atoms with Gasteiger partial charge in [-0.05, 0) is 61.5 Å². The van der Waals surface area contributed by atoms with Gasteiger partial charge in [-0.15, -0.1) is 5.10 Å². The van der Waals surface area contributed by atoms with Gasteiger partial charge in [-0.1, -0.05) is 18.2 Å². The van der Waals surface area contributed by atoms with E-state index in [-0.39, 0.29) is 11.9 Å². The van der Waals surface area contributed by atoms with Crippen LogP contribution in [0.4, 0.5) is 5.69 Å². The minimum Gasteiger partial charge on any atom is -0.497 e. The van der Waals surface area contributed by atoms with Gasteiger partial charge in [0, 0.05) is 16.8 Å². The molecule has 8 heteroatoms. The standard InChI is InChI=1S/C25H24N4O4/c1-4-33-25-27-23(17-7-5-9-21(15-17)31-2)29(28-25)20-13-11-19(12-14-20)26-24(30)18-8-6-10-22(16-18)32-3/h5-16H,4H2,1-3H3,(H,26,30). The van der Waals surface area contributed by atoms with Crippen LogP contribution < -0.4 is 19.5 Å². The summed E-state index contributed by atoms with van der Waals surface area (Å²) in [4.78, 5) is 17.1. The maximum Gasteiger partial charge on any atom is 0.336 e. The Kier molecular flexibility index (Phi) is 6.54. The van der Waals surface area contributed by atoms with Gasteiger partial charge in [0.25, 0.3) is 5.91 Å². The van der Waals surface area contributed by atoms with Crippen LogP contribution in [0.1, 0.15) is 17.3 Å². The number of nitrogens with one attached hydrogen (secondary N) is 1. The molecule has 1 N–H and O–H groups in total. The summed E-state index contributed by atoms with van der Waals surface area (Å²) in [5.41, 5.74) is 2.77. The third-order valence-electron chi connectivity index (χ3n) is 4.89. The van der Waals surface area contributed by atoms with Crippen molar-refractivity contribution in [1.82, 2.24) is 14.8 Å². The Morgan fingerprint density at radius 2 is 1.64 bits per heavy atom. The number of hydrogen-bond acceptors (Lipinski definition) is 6. The molecule has 0 atom stereocenters. The topological polar surface area (TPSA) is 87.5 Å². The van der Waals surface area contributed by atoms with Gasteiger partial charge < -0.3 is 19.5 Å². The average molecular weight is 444 g/mol. The van der Waals surface area contributed by atoms with Crippen molar-refractivity contribution in [1.29, 1.82) is 0 Å². The van der Waals surface area contributed by atoms with Crippen molar-refractivity contribution in [3.63, 3.8) is 0 Å². The fraction of sp³-hybridized carbons (Fsp3) is 0.160. The maximum absolute atomic E-state index is 12.6. The molecule has 0 saturated carbocycles. The average Bonchev–Trinajstić information content (AvgIpc) is 3.28. The number of methoxy groups -OCH3 is 2. The normalized spacial score (nSPS) is 10.5. The largest absolute Gasteiger partial charge is 0.497 e. The summed E-state index contributed by atoms with van der Waals surface area (Å²) in [6, 6.07) is 22.2. The van der Waals surface area contributed by atoms with Gasteiger partial charge in [0.05, 0.1) is 26.5 Å². The molecule has 168 valence electrons. The molecule has 8 nitrogen and oxygen atoms in total. The molecule has 0 saturated heterocycles. The summed E-state index contributed by atoms with van der Waals surface area (Å²) in [5, 5.41) is 7.39. The van der Waals surface area contributed by atoms with Crippen LogP contribution in [0.25, 0.3) is 17.1 Å². The highest BCUT2D eigenvalue weighted by atomic mass is 16.5. The number of ether oxygens (including phenoxy) is 3. The maximum atomic E-state index is 12.6. The number of benzene rings is 3. The Labute approximate surface area is 191 Å². The minimum absolute atomic E-state index is 0.224. The highest BCUT2D eigenvalue weighted by molar-refractivity contribution is 6.04. The van der Waals surface area contributed by atoms with Crippen molar-refractivity contribution in [3.05, 3.63) is 78.4 Å². The quantitative estimate of drug-likeness (QED) is 0.427. The first-order valence-corrected chi connectivity index (χ1v) is 10.4. The molecule has 0 unspecified atom stereocenters. The Hall–Kier alpha value is -4.33. The van der Waals surface area contributed by atoms with Gasteiger partial charge in [-0.3, -0.25) is 4.79 Å². The number of carbonyl (C=O) groups excluding carboxylic acids is 1. The van der Waals surface area contributed by atoms with Gasteiger partial charge in [0.15, 0.2) is 5.82 Å². The van der Waals surface area contributed by atoms with E-state index in [1.807, 2.05) is 55.5 Å². The Morgan fingerprint density at radius 3 is 2.33 bits per heavy atom. The molecule has 1 amide bonds. The van der Waals surface area contributed by atoms with E-state index in [9.17, 15) is 4.79 Å². The third-order valence-corrected chi connectivity index (χ3v) is 4.89. The molecule has 1 aromatic heterocycles. The zero-order valence-electron chi connectivity index (χ0n) is 18.6. The SMILES string of the molecule is CCOc1nc(-c2cccc(OC)c2)n(-c2ccc(NC(=O)c3cccc(OC)c3)cc2)n1. The van der Waals surface area contributed by atoms with E-state index in [2.05, 4.69) is 15.4 Å². The Morgan fingerprint density at radius 1 is 0.939 bits per heavy atom. The lowest BCUT2D eigenvalue weighted by Gasteiger charge is -2.09. The van der Waals surface area contributed by atoms with Crippen molar-refractivity contribution in [2.45, 2.75) is 6.92 Å². The molecule has 0 aliphatic rings. The van der Waals surface area contributed by atoms with Crippen LogP contribution in [0.15, 0.2) is 72.8 Å². The number of nitrogens with zero attached hydrogens (tertiary/aromatic N) is 3. The highest BCUT2D eigenvalue weighted by Gasteiger charge is 2.15. The number of amides is 1. The number of rotatable bonds is 8. The van der Waals surface area contributed by atoms with E-state index in [0.29, 0.717) is 29.4 Å². The van der Waals surface area contributed by atoms with E-state index in [1.54, 1.807) is 43.2 Å². The van der Waals surface area contributed by atoms with Crippen LogP contribution in [0.2, 0.25) is 0 Å². The van der Waals surface area contributed by atoms with Crippen LogP contribution in [0.3, 0.4) is 0 Å². The summed E-state index contributed by atoms with van der Waals surface area (Å²) < 4.78 is 17.8. The van der Waals surface area contributed by atoms with E-state index in [0.717, 1.165) is 17.0 Å². The molecule has 0 aliphatic carbocycles. The van der Waals surface area contributed by atoms with Crippen molar-refractivity contribution >= 4 is 11.6 Å². The smallest absolute Gasteiger partial charge is 0.336 e. The monoisotopic (exact) mass is 444 g/mol. The second-order valence-electron chi connectivity index (χ2n) is 7.03. The molecule has 4 rings (SSSR count). The second kappa shape index (κ2) is 9.86. The molecule has 3 aromatic carbocycles. The van der Waals surface area contributed by atoms with Crippen molar-refractivity contribution in [2.24, 2.45) is 0 Å².